The minimum absolute atomic E-state index is 0.0169. The highest BCUT2D eigenvalue weighted by Crippen LogP contribution is 2.38. The lowest BCUT2D eigenvalue weighted by atomic mass is 9.97. The molecule has 2 N–H and O–H groups in total. The van der Waals surface area contributed by atoms with Crippen LogP contribution < -0.4 is 10.6 Å². The Labute approximate surface area is 153 Å². The first kappa shape index (κ1) is 20.1. The van der Waals surface area contributed by atoms with Gasteiger partial charge in [0.25, 0.3) is 0 Å². The second kappa shape index (κ2) is 7.60. The number of amides is 1. The molecule has 1 aliphatic rings. The Bertz CT molecular complexity index is 610. The zero-order valence-corrected chi connectivity index (χ0v) is 17.8. The number of hydrogen-bond donors (Lipinski definition) is 2. The maximum Gasteiger partial charge on any atom is 0.241 e. The molecular weight excluding hydrogens is 328 g/mol. The van der Waals surface area contributed by atoms with Gasteiger partial charge in [-0.15, -0.1) is 0 Å². The number of para-hydroxylation sites is 1. The van der Waals surface area contributed by atoms with Gasteiger partial charge in [-0.3, -0.25) is 10.1 Å². The van der Waals surface area contributed by atoms with Crippen LogP contribution >= 0.6 is 0 Å². The normalized spacial score (nSPS) is 22.8. The van der Waals surface area contributed by atoms with E-state index in [0.29, 0.717) is 6.61 Å². The number of carbonyl (C=O) groups excluding carboxylic acids is 1. The summed E-state index contributed by atoms with van der Waals surface area (Å²) in [5, 5.41) is 6.85. The molecule has 0 bridgehead atoms. The van der Waals surface area contributed by atoms with E-state index in [1.165, 1.54) is 0 Å². The molecule has 5 heteroatoms. The summed E-state index contributed by atoms with van der Waals surface area (Å²) in [5.74, 6) is 0.321. The van der Waals surface area contributed by atoms with Crippen molar-refractivity contribution in [2.45, 2.75) is 71.3 Å². The zero-order valence-electron chi connectivity index (χ0n) is 16.8. The second-order valence-corrected chi connectivity index (χ2v) is 13.5. The Balaban J connectivity index is 2.28. The summed E-state index contributed by atoms with van der Waals surface area (Å²) in [5.41, 5.74) is 2.01. The lowest BCUT2D eigenvalue weighted by Crippen LogP contribution is -2.47. The molecule has 0 aliphatic carbocycles. The first-order valence-corrected chi connectivity index (χ1v) is 12.3. The van der Waals surface area contributed by atoms with Gasteiger partial charge in [0, 0.05) is 5.69 Å². The molecule has 1 aromatic rings. The molecule has 3 atom stereocenters. The molecule has 1 aliphatic heterocycles. The summed E-state index contributed by atoms with van der Waals surface area (Å²) >= 11 is 0. The third-order valence-corrected chi connectivity index (χ3v) is 10.4. The molecule has 0 aromatic heterocycles. The SMILES string of the molecule is CCC(C)[C@@H]1NC(CO[Si](C)(C)C(C)(C)C)c2ccccc2NC1=O. The summed E-state index contributed by atoms with van der Waals surface area (Å²) < 4.78 is 6.48. The lowest BCUT2D eigenvalue weighted by molar-refractivity contribution is -0.119. The average Bonchev–Trinajstić information content (AvgIpc) is 2.67. The third-order valence-electron chi connectivity index (χ3n) is 5.89. The third kappa shape index (κ3) is 4.52. The van der Waals surface area contributed by atoms with Crippen LogP contribution in [0.3, 0.4) is 0 Å². The molecule has 1 amide bonds. The highest BCUT2D eigenvalue weighted by Gasteiger charge is 2.39. The standard InChI is InChI=1S/C20H34N2O2Si/c1-8-14(2)18-19(23)22-16-12-10-9-11-15(16)17(21-18)13-24-25(6,7)20(3,4)5/h9-12,14,17-18,21H,8,13H2,1-7H3,(H,22,23)/t14?,17?,18-/m0/s1. The zero-order chi connectivity index (χ0) is 18.8. The largest absolute Gasteiger partial charge is 0.415 e. The van der Waals surface area contributed by atoms with Crippen LogP contribution in [0.5, 0.6) is 0 Å². The predicted octanol–water partition coefficient (Wildman–Crippen LogP) is 4.71. The number of anilines is 1. The second-order valence-electron chi connectivity index (χ2n) is 8.73. The number of nitrogens with one attached hydrogen (secondary N) is 2. The maximum absolute atomic E-state index is 12.7. The molecule has 0 spiro atoms. The van der Waals surface area contributed by atoms with Crippen LogP contribution in [0.2, 0.25) is 18.1 Å². The Morgan fingerprint density at radius 1 is 1.24 bits per heavy atom. The van der Waals surface area contributed by atoms with E-state index in [1.54, 1.807) is 0 Å². The quantitative estimate of drug-likeness (QED) is 0.746. The minimum atomic E-state index is -1.85. The van der Waals surface area contributed by atoms with Crippen LogP contribution in [0.25, 0.3) is 0 Å². The van der Waals surface area contributed by atoms with E-state index in [1.807, 2.05) is 18.2 Å². The van der Waals surface area contributed by atoms with Gasteiger partial charge in [0.05, 0.1) is 18.7 Å². The summed E-state index contributed by atoms with van der Waals surface area (Å²) in [6.45, 7) is 16.1. The Morgan fingerprint density at radius 3 is 2.48 bits per heavy atom. The van der Waals surface area contributed by atoms with E-state index < -0.39 is 8.32 Å². The molecule has 2 rings (SSSR count). The van der Waals surface area contributed by atoms with Crippen LogP contribution in [-0.2, 0) is 9.22 Å². The van der Waals surface area contributed by atoms with Gasteiger partial charge in [-0.1, -0.05) is 59.2 Å². The van der Waals surface area contributed by atoms with Crippen molar-refractivity contribution in [2.24, 2.45) is 5.92 Å². The van der Waals surface area contributed by atoms with Crippen molar-refractivity contribution in [3.05, 3.63) is 29.8 Å². The van der Waals surface area contributed by atoms with Gasteiger partial charge in [0.2, 0.25) is 5.91 Å². The van der Waals surface area contributed by atoms with E-state index in [4.69, 9.17) is 4.43 Å². The molecule has 140 valence electrons. The van der Waals surface area contributed by atoms with Crippen LogP contribution in [-0.4, -0.2) is 26.9 Å². The maximum atomic E-state index is 12.7. The van der Waals surface area contributed by atoms with Crippen molar-refractivity contribution in [3.8, 4) is 0 Å². The topological polar surface area (TPSA) is 50.4 Å². The molecule has 1 heterocycles. The van der Waals surface area contributed by atoms with Gasteiger partial charge >= 0.3 is 0 Å². The summed E-state index contributed by atoms with van der Waals surface area (Å²) in [4.78, 5) is 12.7. The Hall–Kier alpha value is -1.17. The molecule has 0 fully saturated rings. The molecule has 25 heavy (non-hydrogen) atoms. The minimum Gasteiger partial charge on any atom is -0.415 e. The first-order chi connectivity index (χ1) is 11.6. The highest BCUT2D eigenvalue weighted by atomic mass is 28.4. The fourth-order valence-corrected chi connectivity index (χ4v) is 3.83. The van der Waals surface area contributed by atoms with Crippen molar-refractivity contribution in [2.75, 3.05) is 11.9 Å². The van der Waals surface area contributed by atoms with Crippen LogP contribution in [0.1, 0.15) is 52.6 Å². The number of rotatable bonds is 5. The highest BCUT2D eigenvalue weighted by molar-refractivity contribution is 6.74. The van der Waals surface area contributed by atoms with E-state index in [0.717, 1.165) is 17.7 Å². The first-order valence-electron chi connectivity index (χ1n) is 9.36. The molecular formula is C20H34N2O2Si. The van der Waals surface area contributed by atoms with Gasteiger partial charge in [0.15, 0.2) is 8.32 Å². The average molecular weight is 363 g/mol. The van der Waals surface area contributed by atoms with E-state index in [9.17, 15) is 4.79 Å². The smallest absolute Gasteiger partial charge is 0.241 e. The summed E-state index contributed by atoms with van der Waals surface area (Å²) in [6, 6.07) is 7.87. The molecule has 0 radical (unpaired) electrons. The van der Waals surface area contributed by atoms with Crippen LogP contribution in [0.15, 0.2) is 24.3 Å². The summed E-state index contributed by atoms with van der Waals surface area (Å²) in [7, 11) is -1.85. The van der Waals surface area contributed by atoms with Crippen LogP contribution in [0, 0.1) is 5.92 Å². The van der Waals surface area contributed by atoms with Crippen molar-refractivity contribution in [1.29, 1.82) is 0 Å². The number of carbonyl (C=O) groups is 1. The molecule has 2 unspecified atom stereocenters. The molecule has 1 aromatic carbocycles. The number of fused-ring (bicyclic) bond motifs is 1. The predicted molar refractivity (Wildman–Crippen MR) is 107 cm³/mol. The number of benzene rings is 1. The van der Waals surface area contributed by atoms with E-state index in [2.05, 4.69) is 64.4 Å². The Kier molecular flexibility index (Phi) is 6.12. The lowest BCUT2D eigenvalue weighted by Gasteiger charge is -2.38. The van der Waals surface area contributed by atoms with Crippen molar-refractivity contribution in [1.82, 2.24) is 5.32 Å². The van der Waals surface area contributed by atoms with Gasteiger partial charge in [-0.2, -0.15) is 0 Å². The Morgan fingerprint density at radius 2 is 1.88 bits per heavy atom. The van der Waals surface area contributed by atoms with Crippen LogP contribution in [0.4, 0.5) is 5.69 Å². The van der Waals surface area contributed by atoms with Gasteiger partial charge in [-0.25, -0.2) is 0 Å². The van der Waals surface area contributed by atoms with Crippen molar-refractivity contribution in [3.63, 3.8) is 0 Å². The fourth-order valence-electron chi connectivity index (χ4n) is 2.81. The molecule has 0 saturated heterocycles. The summed E-state index contributed by atoms with van der Waals surface area (Å²) in [6.07, 6.45) is 0.956. The van der Waals surface area contributed by atoms with E-state index >= 15 is 0 Å². The van der Waals surface area contributed by atoms with E-state index in [-0.39, 0.29) is 28.9 Å². The fraction of sp³-hybridized carbons (Fsp3) is 0.650. The van der Waals surface area contributed by atoms with Gasteiger partial charge < -0.3 is 9.74 Å². The van der Waals surface area contributed by atoms with Gasteiger partial charge in [0.1, 0.15) is 0 Å². The van der Waals surface area contributed by atoms with Crippen molar-refractivity contribution < 1.29 is 9.22 Å². The number of hydrogen-bond acceptors (Lipinski definition) is 3. The monoisotopic (exact) mass is 362 g/mol. The van der Waals surface area contributed by atoms with Crippen molar-refractivity contribution >= 4 is 19.9 Å². The molecule has 4 nitrogen and oxygen atoms in total. The molecule has 0 saturated carbocycles. The van der Waals surface area contributed by atoms with Gasteiger partial charge in [-0.05, 0) is 35.7 Å².